The van der Waals surface area contributed by atoms with Crippen molar-refractivity contribution in [1.29, 1.82) is 0 Å². The molecule has 12 heteroatoms. The van der Waals surface area contributed by atoms with Gasteiger partial charge in [0, 0.05) is 206 Å². The van der Waals surface area contributed by atoms with E-state index in [0.29, 0.717) is 0 Å². The average molecular weight is 1560 g/mol. The molecule has 0 unspecified atom stereocenters. The normalized spacial score (nSPS) is 7.54. The largest absolute Gasteiger partial charge is 0.358 e. The van der Waals surface area contributed by atoms with Crippen molar-refractivity contribution in [2.45, 2.75) is 205 Å². The van der Waals surface area contributed by atoms with Gasteiger partial charge in [-0.05, 0) is 158 Å². The molecule has 6 heterocycles. The zero-order valence-electron chi connectivity index (χ0n) is 48.2. The summed E-state index contributed by atoms with van der Waals surface area (Å²) in [5.41, 5.74) is 16.1. The minimum atomic E-state index is 0. The minimum absolute atomic E-state index is 0. The molecule has 6 aromatic rings. The van der Waals surface area contributed by atoms with Gasteiger partial charge in [0.1, 0.15) is 0 Å². The van der Waals surface area contributed by atoms with E-state index in [0.717, 1.165) is 82.7 Å². The third-order valence-electron chi connectivity index (χ3n) is 10.1. The molecule has 0 aliphatic rings. The second kappa shape index (κ2) is 85.1. The number of pyridine rings is 6. The zero-order chi connectivity index (χ0) is 44.4. The van der Waals surface area contributed by atoms with E-state index >= 15 is 0 Å². The van der Waals surface area contributed by atoms with Crippen molar-refractivity contribution < 1.29 is 134 Å². The van der Waals surface area contributed by atoms with Crippen LogP contribution in [0.1, 0.15) is 195 Å². The van der Waals surface area contributed by atoms with Gasteiger partial charge in [0.25, 0.3) is 0 Å². The van der Waals surface area contributed by atoms with Crippen molar-refractivity contribution in [3.8, 4) is 0 Å². The molecule has 6 aromatic heterocycles. The van der Waals surface area contributed by atoms with Crippen molar-refractivity contribution in [2.24, 2.45) is 0 Å². The van der Waals surface area contributed by atoms with Crippen LogP contribution in [0.2, 0.25) is 0 Å². The Balaban J connectivity index is -0.0000000336. The van der Waals surface area contributed by atoms with E-state index in [1.54, 1.807) is 11.8 Å². The van der Waals surface area contributed by atoms with Crippen LogP contribution in [0.25, 0.3) is 0 Å². The third-order valence-corrected chi connectivity index (χ3v) is 10.1. The van der Waals surface area contributed by atoms with Gasteiger partial charge in [0.15, 0.2) is 0 Å². The Hall–Kier alpha value is -0.658. The molecule has 0 bridgehead atoms. The third kappa shape index (κ3) is 54.6. The van der Waals surface area contributed by atoms with Crippen LogP contribution in [-0.2, 0) is 211 Å². The number of hydrogen-bond acceptors (Lipinski definition) is 6. The van der Waals surface area contributed by atoms with Gasteiger partial charge in [-0.2, -0.15) is 0 Å². The van der Waals surface area contributed by atoms with Crippen LogP contribution in [0.5, 0.6) is 0 Å². The average Bonchev–Trinajstić information content (AvgIpc) is 3.34. The van der Waals surface area contributed by atoms with Crippen molar-refractivity contribution in [2.75, 3.05) is 0 Å². The van der Waals surface area contributed by atoms with Crippen LogP contribution in [0.4, 0.5) is 0 Å². The number of aromatic nitrogens is 6. The van der Waals surface area contributed by atoms with E-state index in [-0.39, 0.29) is 223 Å². The van der Waals surface area contributed by atoms with E-state index in [9.17, 15) is 0 Å². The maximum Gasteiger partial charge on any atom is 0.0438 e. The fraction of sp³-hybridized carbons (Fsp3) is 0.455. The van der Waals surface area contributed by atoms with Crippen molar-refractivity contribution in [3.63, 3.8) is 0 Å². The first-order valence-corrected chi connectivity index (χ1v) is 22.8. The Morgan fingerprint density at radius 3 is 0.936 bits per heavy atom. The van der Waals surface area contributed by atoms with Gasteiger partial charge in [-0.25, -0.2) is 0 Å². The first kappa shape index (κ1) is 128. The number of rotatable bonds is 12. The van der Waals surface area contributed by atoms with Gasteiger partial charge < -0.3 is 44.6 Å². The van der Waals surface area contributed by atoms with Crippen molar-refractivity contribution in [3.05, 3.63) is 222 Å². The van der Waals surface area contributed by atoms with Crippen LogP contribution >= 0.6 is 0 Å². The summed E-state index contributed by atoms with van der Waals surface area (Å²) in [5.74, 6) is 0. The summed E-state index contributed by atoms with van der Waals surface area (Å²) in [7, 11) is 0. The first-order chi connectivity index (χ1) is 29.2. The van der Waals surface area contributed by atoms with E-state index < -0.39 is 0 Å². The molecule has 0 aliphatic carbocycles. The van der Waals surface area contributed by atoms with E-state index in [4.69, 9.17) is 4.98 Å². The summed E-state index contributed by atoms with van der Waals surface area (Å²) in [5, 5.41) is 0. The van der Waals surface area contributed by atoms with Crippen LogP contribution in [-0.4, -0.2) is 29.9 Å². The maximum absolute atomic E-state index is 4.86. The summed E-state index contributed by atoms with van der Waals surface area (Å²) < 4.78 is 0. The van der Waals surface area contributed by atoms with Crippen LogP contribution < -0.4 is 0 Å². The molecule has 0 saturated heterocycles. The van der Waals surface area contributed by atoms with Crippen molar-refractivity contribution in [1.82, 2.24) is 29.9 Å². The molecule has 6 radical (unpaired) electrons. The van der Waals surface area contributed by atoms with Crippen LogP contribution in [0, 0.1) is 44.6 Å². The van der Waals surface area contributed by atoms with Gasteiger partial charge >= 0.3 is 0 Å². The molecule has 78 heavy (non-hydrogen) atoms. The van der Waals surface area contributed by atoms with Crippen LogP contribution in [0.3, 0.4) is 0 Å². The fourth-order valence-corrected chi connectivity index (χ4v) is 6.36. The molecular weight excluding hydrogens is 1430 g/mol. The topological polar surface area (TPSA) is 77.3 Å². The van der Waals surface area contributed by atoms with Crippen LogP contribution in [0.15, 0.2) is 110 Å². The molecule has 0 atom stereocenters. The van der Waals surface area contributed by atoms with E-state index in [1.165, 1.54) is 56.2 Å². The molecule has 0 spiro atoms. The predicted molar refractivity (Wildman–Crippen MR) is 337 cm³/mol. The molecule has 0 aromatic carbocycles. The van der Waals surface area contributed by atoms with Gasteiger partial charge in [-0.15, -0.1) is 0 Å². The van der Waals surface area contributed by atoms with Gasteiger partial charge in [0.2, 0.25) is 0 Å². The summed E-state index contributed by atoms with van der Waals surface area (Å²) in [4.78, 5) is 25.3. The maximum atomic E-state index is 4.86. The molecule has 0 N–H and O–H groups in total. The Labute approximate surface area is 584 Å². The van der Waals surface area contributed by atoms with Gasteiger partial charge in [-0.1, -0.05) is 152 Å². The second-order valence-corrected chi connectivity index (χ2v) is 14.0. The standard InChI is InChI=1S/C15H25N.2C9H13N.3C7H9N.6CH4.6CH3.6Nb/c1-6-11-12(7-2)14(9-4)16-15(10-5)13(11)8-3;1-3-8-5-9(4-2)7-10-6-8;1-3-8-6-5-7-9(4-2)10-8;1-2-7-3-5-8-6-4-7;1-2-7-4-3-5-8-6-7;1-2-7-5-3-4-6-8-7;;;;;;;;;;;;;;;;;;/h6-10H2,1-5H3;2*5-7H,3-4H2,1-2H3;3*3-6H,2H2,1H3;6*1H4;6*1H3;;;;;;/q;;;;;;;;;;;;6*-1;;;;;;. The summed E-state index contributed by atoms with van der Waals surface area (Å²) in [6.45, 7) is 26.1. The molecule has 0 amide bonds. The molecule has 0 fully saturated rings. The Morgan fingerprint density at radius 2 is 0.667 bits per heavy atom. The van der Waals surface area contributed by atoms with E-state index in [1.807, 2.05) is 73.6 Å². The molecule has 450 valence electrons. The van der Waals surface area contributed by atoms with Gasteiger partial charge in [-0.3, -0.25) is 29.9 Å². The Kier molecular flexibility index (Phi) is 140. The number of nitrogens with zero attached hydrogens (tertiary/aromatic N) is 6. The molecular formula is C66H120N6Nb6-6. The zero-order valence-corrected chi connectivity index (χ0v) is 61.4. The minimum Gasteiger partial charge on any atom is -0.358 e. The Morgan fingerprint density at radius 1 is 0.282 bits per heavy atom. The second-order valence-electron chi connectivity index (χ2n) is 14.0. The SMILES string of the molecule is C.C.C.C.C.C.CCc1cccc(CC)n1.CCc1ccccn1.CCc1cccnc1.CCc1ccncc1.CCc1cncc(CC)c1.CCc1nc(CC)c(CC)c(CC)c1CC.[CH3-].[CH3-].[CH3-].[CH3-].[CH3-].[CH3-].[Nb].[Nb].[Nb].[Nb].[Nb].[Nb]. The monoisotopic (exact) mass is 1550 g/mol. The summed E-state index contributed by atoms with van der Waals surface area (Å²) >= 11 is 0. The Bertz CT molecular complexity index is 1750. The molecule has 0 saturated carbocycles. The predicted octanol–water partition coefficient (Wildman–Crippen LogP) is 19.7. The fourth-order valence-electron chi connectivity index (χ4n) is 6.36. The molecule has 6 nitrogen and oxygen atoms in total. The summed E-state index contributed by atoms with van der Waals surface area (Å²) in [6, 6.07) is 22.5. The quantitative estimate of drug-likeness (QED) is 0.0897. The number of aryl methyl sites for hydroxylation is 9. The van der Waals surface area contributed by atoms with E-state index in [2.05, 4.69) is 138 Å². The van der Waals surface area contributed by atoms with Gasteiger partial charge in [0.05, 0.1) is 0 Å². The summed E-state index contributed by atoms with van der Waals surface area (Å²) in [6.07, 6.45) is 26.0. The smallest absolute Gasteiger partial charge is 0.0438 e. The molecule has 0 aliphatic heterocycles. The first-order valence-electron chi connectivity index (χ1n) is 22.8. The van der Waals surface area contributed by atoms with Crippen molar-refractivity contribution >= 4 is 0 Å². The number of hydrogen-bond donors (Lipinski definition) is 0. The molecule has 6 rings (SSSR count).